The van der Waals surface area contributed by atoms with E-state index in [4.69, 9.17) is 9.47 Å². The average Bonchev–Trinajstić information content (AvgIpc) is 3.10. The largest absolute Gasteiger partial charge is 0.507 e. The van der Waals surface area contributed by atoms with Gasteiger partial charge in [0.05, 0.1) is 18.2 Å². The van der Waals surface area contributed by atoms with Crippen LogP contribution < -0.4 is 9.47 Å². The number of ether oxygens (including phenoxy) is 2. The van der Waals surface area contributed by atoms with Crippen molar-refractivity contribution >= 4 is 17.4 Å². The lowest BCUT2D eigenvalue weighted by Gasteiger charge is -2.26. The van der Waals surface area contributed by atoms with E-state index in [2.05, 4.69) is 20.4 Å². The smallest absolute Gasteiger partial charge is 0.295 e. The lowest BCUT2D eigenvalue weighted by atomic mass is 9.94. The minimum Gasteiger partial charge on any atom is -0.507 e. The van der Waals surface area contributed by atoms with Gasteiger partial charge >= 0.3 is 0 Å². The van der Waals surface area contributed by atoms with Crippen LogP contribution in [0, 0.1) is 12.8 Å². The molecule has 1 fully saturated rings. The van der Waals surface area contributed by atoms with Gasteiger partial charge in [-0.3, -0.25) is 9.59 Å². The lowest BCUT2D eigenvalue weighted by Crippen LogP contribution is -2.35. The molecule has 3 rings (SSSR count). The van der Waals surface area contributed by atoms with Crippen LogP contribution in [-0.2, 0) is 9.59 Å². The highest BCUT2D eigenvalue weighted by atomic mass is 16.5. The number of benzene rings is 2. The van der Waals surface area contributed by atoms with Gasteiger partial charge in [0.25, 0.3) is 11.7 Å². The topological polar surface area (TPSA) is 79.3 Å². The third kappa shape index (κ3) is 6.15. The summed E-state index contributed by atoms with van der Waals surface area (Å²) in [6.07, 6.45) is 1.66. The Hall–Kier alpha value is -3.58. The molecule has 192 valence electrons. The van der Waals surface area contributed by atoms with E-state index in [1.807, 2.05) is 38.1 Å². The molecule has 0 aliphatic carbocycles. The molecule has 1 amide bonds. The zero-order valence-electron chi connectivity index (χ0n) is 21.8. The highest BCUT2D eigenvalue weighted by Gasteiger charge is 2.45. The number of nitrogens with zero attached hydrogens (tertiary/aromatic N) is 2. The van der Waals surface area contributed by atoms with Crippen molar-refractivity contribution in [1.82, 2.24) is 9.80 Å². The summed E-state index contributed by atoms with van der Waals surface area (Å²) in [5.74, 6) is 0.236. The summed E-state index contributed by atoms with van der Waals surface area (Å²) in [7, 11) is 3.81. The van der Waals surface area contributed by atoms with Gasteiger partial charge in [-0.2, -0.15) is 0 Å². The molecule has 7 nitrogen and oxygen atoms in total. The van der Waals surface area contributed by atoms with Crippen molar-refractivity contribution in [1.29, 1.82) is 0 Å². The molecule has 0 spiro atoms. The van der Waals surface area contributed by atoms with Crippen molar-refractivity contribution in [2.45, 2.75) is 26.8 Å². The Bertz CT molecular complexity index is 1130. The van der Waals surface area contributed by atoms with Crippen LogP contribution in [0.1, 0.15) is 36.6 Å². The maximum Gasteiger partial charge on any atom is 0.295 e. The van der Waals surface area contributed by atoms with Crippen LogP contribution in [-0.4, -0.2) is 67.0 Å². The predicted molar refractivity (Wildman–Crippen MR) is 141 cm³/mol. The van der Waals surface area contributed by atoms with Crippen molar-refractivity contribution in [3.8, 4) is 11.5 Å². The molecule has 7 heteroatoms. The molecule has 0 aromatic heterocycles. The lowest BCUT2D eigenvalue weighted by molar-refractivity contribution is -0.140. The van der Waals surface area contributed by atoms with Gasteiger partial charge in [0, 0.05) is 18.7 Å². The summed E-state index contributed by atoms with van der Waals surface area (Å²) < 4.78 is 11.4. The molecular formula is C29H36N2O5. The molecule has 1 N–H and O–H groups in total. The number of ketones is 1. The van der Waals surface area contributed by atoms with E-state index in [0.29, 0.717) is 49.1 Å². The number of Topliss-reactive ketones (excluding diaryl/α,β-unsaturated/α-hetero) is 1. The first kappa shape index (κ1) is 27.0. The van der Waals surface area contributed by atoms with Crippen molar-refractivity contribution in [3.05, 3.63) is 77.4 Å². The molecule has 1 saturated heterocycles. The summed E-state index contributed by atoms with van der Waals surface area (Å²) in [5, 5.41) is 11.3. The van der Waals surface area contributed by atoms with E-state index in [1.54, 1.807) is 36.4 Å². The number of rotatable bonds is 11. The number of hydrogen-bond donors (Lipinski definition) is 1. The van der Waals surface area contributed by atoms with Gasteiger partial charge in [-0.25, -0.2) is 0 Å². The fraction of sp³-hybridized carbons (Fsp3) is 0.379. The van der Waals surface area contributed by atoms with Crippen LogP contribution in [0.25, 0.3) is 5.76 Å². The van der Waals surface area contributed by atoms with Crippen LogP contribution in [0.3, 0.4) is 0 Å². The first-order chi connectivity index (χ1) is 17.1. The summed E-state index contributed by atoms with van der Waals surface area (Å²) >= 11 is 0. The second kappa shape index (κ2) is 11.9. The second-order valence-corrected chi connectivity index (χ2v) is 9.65. The summed E-state index contributed by atoms with van der Waals surface area (Å²) in [6, 6.07) is 11.8. The van der Waals surface area contributed by atoms with Crippen LogP contribution in [0.5, 0.6) is 11.5 Å². The second-order valence-electron chi connectivity index (χ2n) is 9.65. The Morgan fingerprint density at radius 3 is 2.42 bits per heavy atom. The molecule has 0 radical (unpaired) electrons. The number of aliphatic hydroxyl groups is 1. The number of aryl methyl sites for hydroxylation is 1. The molecule has 2 aromatic carbocycles. The van der Waals surface area contributed by atoms with Gasteiger partial charge in [-0.15, -0.1) is 0 Å². The van der Waals surface area contributed by atoms with E-state index >= 15 is 0 Å². The van der Waals surface area contributed by atoms with Gasteiger partial charge < -0.3 is 24.4 Å². The van der Waals surface area contributed by atoms with Crippen molar-refractivity contribution in [2.24, 2.45) is 5.92 Å². The minimum absolute atomic E-state index is 0.0776. The molecule has 0 saturated carbocycles. The standard InChI is InChI=1S/C29H36N2O5/c1-7-16-35-23-11-8-21(9-12-23)26-25(28(33)29(34)31(26)15-14-30(5)6)27(32)22-10-13-24(20(4)17-22)36-18-19(2)3/h7-13,17,19,26,32H,1,14-16,18H2,2-6H3/b27-25+. The number of likely N-dealkylation sites (tertiary alicyclic amines) is 1. The van der Waals surface area contributed by atoms with Crippen molar-refractivity contribution in [2.75, 3.05) is 40.4 Å². The molecule has 1 aliphatic rings. The maximum atomic E-state index is 13.2. The Morgan fingerprint density at radius 2 is 1.83 bits per heavy atom. The highest BCUT2D eigenvalue weighted by molar-refractivity contribution is 6.46. The quantitative estimate of drug-likeness (QED) is 0.214. The summed E-state index contributed by atoms with van der Waals surface area (Å²) in [5.41, 5.74) is 2.09. The molecule has 36 heavy (non-hydrogen) atoms. The van der Waals surface area contributed by atoms with E-state index in [-0.39, 0.29) is 11.3 Å². The Kier molecular flexibility index (Phi) is 8.93. The monoisotopic (exact) mass is 492 g/mol. The number of hydrogen-bond acceptors (Lipinski definition) is 6. The molecule has 1 unspecified atom stereocenters. The molecule has 1 heterocycles. The molecule has 1 aliphatic heterocycles. The summed E-state index contributed by atoms with van der Waals surface area (Å²) in [4.78, 5) is 29.8. The van der Waals surface area contributed by atoms with Gasteiger partial charge in [0.1, 0.15) is 23.9 Å². The molecule has 0 bridgehead atoms. The fourth-order valence-corrected chi connectivity index (χ4v) is 4.04. The summed E-state index contributed by atoms with van der Waals surface area (Å²) in [6.45, 7) is 11.6. The normalized spacial score (nSPS) is 17.2. The number of carbonyl (C=O) groups is 2. The predicted octanol–water partition coefficient (Wildman–Crippen LogP) is 4.58. The van der Waals surface area contributed by atoms with E-state index in [1.165, 1.54) is 4.90 Å². The van der Waals surface area contributed by atoms with Gasteiger partial charge in [-0.05, 0) is 68.4 Å². The van der Waals surface area contributed by atoms with E-state index < -0.39 is 17.7 Å². The third-order valence-corrected chi connectivity index (χ3v) is 5.91. The van der Waals surface area contributed by atoms with Gasteiger partial charge in [0.15, 0.2) is 0 Å². The number of likely N-dealkylation sites (N-methyl/N-ethyl adjacent to an activating group) is 1. The number of amides is 1. The molecule has 2 aromatic rings. The number of aliphatic hydroxyl groups excluding tert-OH is 1. The molecular weight excluding hydrogens is 456 g/mol. The minimum atomic E-state index is -0.712. The van der Waals surface area contributed by atoms with Crippen molar-refractivity contribution < 1.29 is 24.2 Å². The maximum absolute atomic E-state index is 13.2. The third-order valence-electron chi connectivity index (χ3n) is 5.91. The average molecular weight is 493 g/mol. The van der Waals surface area contributed by atoms with Crippen molar-refractivity contribution in [3.63, 3.8) is 0 Å². The fourth-order valence-electron chi connectivity index (χ4n) is 4.04. The first-order valence-electron chi connectivity index (χ1n) is 12.1. The Balaban J connectivity index is 2.04. The SMILES string of the molecule is C=CCOc1ccc(C2/C(=C(\O)c3ccc(OCC(C)C)c(C)c3)C(=O)C(=O)N2CCN(C)C)cc1. The Labute approximate surface area is 213 Å². The van der Waals surface area contributed by atoms with Crippen LogP contribution in [0.2, 0.25) is 0 Å². The van der Waals surface area contributed by atoms with Crippen LogP contribution in [0.15, 0.2) is 60.7 Å². The van der Waals surface area contributed by atoms with Crippen LogP contribution in [0.4, 0.5) is 0 Å². The van der Waals surface area contributed by atoms with E-state index in [9.17, 15) is 14.7 Å². The van der Waals surface area contributed by atoms with Crippen LogP contribution >= 0.6 is 0 Å². The Morgan fingerprint density at radius 1 is 1.14 bits per heavy atom. The molecule has 1 atom stereocenters. The van der Waals surface area contributed by atoms with E-state index in [0.717, 1.165) is 11.3 Å². The van der Waals surface area contributed by atoms with Gasteiger partial charge in [0.2, 0.25) is 0 Å². The highest BCUT2D eigenvalue weighted by Crippen LogP contribution is 2.40. The first-order valence-corrected chi connectivity index (χ1v) is 12.1. The zero-order chi connectivity index (χ0) is 26.4. The number of carbonyl (C=O) groups excluding carboxylic acids is 2. The zero-order valence-corrected chi connectivity index (χ0v) is 21.8. The van der Waals surface area contributed by atoms with Gasteiger partial charge in [-0.1, -0.05) is 38.6 Å².